The second-order valence-corrected chi connectivity index (χ2v) is 5.09. The van der Waals surface area contributed by atoms with E-state index in [1.807, 2.05) is 6.26 Å². The van der Waals surface area contributed by atoms with Gasteiger partial charge in [-0.25, -0.2) is 4.79 Å². The average Bonchev–Trinajstić information content (AvgIpc) is 2.76. The lowest BCUT2D eigenvalue weighted by molar-refractivity contribution is 0.155. The van der Waals surface area contributed by atoms with E-state index in [1.54, 1.807) is 16.7 Å². The second-order valence-electron chi connectivity index (χ2n) is 4.18. The van der Waals surface area contributed by atoms with Crippen LogP contribution in [0.3, 0.4) is 0 Å². The van der Waals surface area contributed by atoms with Crippen LogP contribution in [0.25, 0.3) is 0 Å². The molecule has 1 fully saturated rings. The lowest BCUT2D eigenvalue weighted by Gasteiger charge is -2.26. The summed E-state index contributed by atoms with van der Waals surface area (Å²) in [6.45, 7) is 2.92. The fraction of sp³-hybridized carbons (Fsp3) is 0.909. The number of amides is 2. The van der Waals surface area contributed by atoms with Gasteiger partial charge in [0.15, 0.2) is 0 Å². The Morgan fingerprint density at radius 3 is 3.00 bits per heavy atom. The molecule has 1 saturated heterocycles. The monoisotopic (exact) mass is 246 g/mol. The summed E-state index contributed by atoms with van der Waals surface area (Å²) in [6.07, 6.45) is 4.91. The number of carbonyl (C=O) groups excluding carboxylic acids is 1. The highest BCUT2D eigenvalue weighted by Gasteiger charge is 2.28. The van der Waals surface area contributed by atoms with Gasteiger partial charge >= 0.3 is 6.03 Å². The third-order valence-corrected chi connectivity index (χ3v) is 3.77. The lowest BCUT2D eigenvalue weighted by atomic mass is 10.2. The van der Waals surface area contributed by atoms with Gasteiger partial charge < -0.3 is 15.3 Å². The van der Waals surface area contributed by atoms with E-state index >= 15 is 0 Å². The Morgan fingerprint density at radius 1 is 1.69 bits per heavy atom. The zero-order valence-corrected chi connectivity index (χ0v) is 10.9. The third kappa shape index (κ3) is 3.56. The summed E-state index contributed by atoms with van der Waals surface area (Å²) in [6, 6.07) is 0.242. The van der Waals surface area contributed by atoms with Gasteiger partial charge in [-0.3, -0.25) is 0 Å². The van der Waals surface area contributed by atoms with Crippen molar-refractivity contribution in [2.75, 3.05) is 25.2 Å². The Morgan fingerprint density at radius 2 is 2.44 bits per heavy atom. The predicted molar refractivity (Wildman–Crippen MR) is 67.8 cm³/mol. The van der Waals surface area contributed by atoms with Crippen molar-refractivity contribution in [3.63, 3.8) is 0 Å². The first-order valence-corrected chi connectivity index (χ1v) is 7.29. The number of urea groups is 1. The summed E-state index contributed by atoms with van der Waals surface area (Å²) in [5.41, 5.74) is 0. The van der Waals surface area contributed by atoms with Crippen LogP contribution in [0, 0.1) is 0 Å². The van der Waals surface area contributed by atoms with Gasteiger partial charge in [0.1, 0.15) is 0 Å². The number of rotatable bonds is 5. The highest BCUT2D eigenvalue weighted by atomic mass is 32.2. The molecule has 0 saturated carbocycles. The summed E-state index contributed by atoms with van der Waals surface area (Å²) < 4.78 is 0. The van der Waals surface area contributed by atoms with Crippen molar-refractivity contribution >= 4 is 17.8 Å². The maximum Gasteiger partial charge on any atom is 0.317 e. The highest BCUT2D eigenvalue weighted by molar-refractivity contribution is 7.98. The molecule has 2 amide bonds. The Balaban J connectivity index is 2.43. The number of aliphatic hydroxyl groups is 1. The van der Waals surface area contributed by atoms with Gasteiger partial charge in [0.25, 0.3) is 0 Å². The topological polar surface area (TPSA) is 52.6 Å². The predicted octanol–water partition coefficient (Wildman–Crippen LogP) is 1.29. The Bertz CT molecular complexity index is 226. The smallest absolute Gasteiger partial charge is 0.317 e. The lowest BCUT2D eigenvalue weighted by Crippen LogP contribution is -2.48. The van der Waals surface area contributed by atoms with E-state index in [4.69, 9.17) is 5.11 Å². The number of aliphatic hydroxyl groups excluding tert-OH is 1. The Hall–Kier alpha value is -0.420. The van der Waals surface area contributed by atoms with Gasteiger partial charge in [0.2, 0.25) is 0 Å². The molecule has 1 unspecified atom stereocenters. The van der Waals surface area contributed by atoms with Gasteiger partial charge in [-0.2, -0.15) is 11.8 Å². The summed E-state index contributed by atoms with van der Waals surface area (Å²) in [4.78, 5) is 13.7. The van der Waals surface area contributed by atoms with Crippen LogP contribution < -0.4 is 5.32 Å². The standard InChI is InChI=1S/C11H22N2O2S/c1-3-9(8-16-2)12-11(15)13-6-4-5-10(13)7-14/h9-10,14H,3-8H2,1-2H3,(H,12,15)/t9?,10-/m0/s1. The van der Waals surface area contributed by atoms with E-state index in [0.29, 0.717) is 0 Å². The van der Waals surface area contributed by atoms with Crippen LogP contribution in [-0.4, -0.2) is 53.3 Å². The molecule has 4 nitrogen and oxygen atoms in total. The first-order chi connectivity index (χ1) is 7.72. The molecule has 0 aromatic rings. The summed E-state index contributed by atoms with van der Waals surface area (Å²) in [7, 11) is 0. The molecule has 16 heavy (non-hydrogen) atoms. The van der Waals surface area contributed by atoms with Crippen LogP contribution in [0.2, 0.25) is 0 Å². The molecule has 94 valence electrons. The van der Waals surface area contributed by atoms with Gasteiger partial charge in [0.05, 0.1) is 12.6 Å². The molecule has 0 aromatic carbocycles. The maximum atomic E-state index is 12.0. The first-order valence-electron chi connectivity index (χ1n) is 5.89. The van der Waals surface area contributed by atoms with Crippen LogP contribution in [0.4, 0.5) is 4.79 Å². The summed E-state index contributed by atoms with van der Waals surface area (Å²) >= 11 is 1.74. The SMILES string of the molecule is CCC(CSC)NC(=O)N1CCC[C@H]1CO. The molecule has 0 aliphatic carbocycles. The molecule has 0 bridgehead atoms. The van der Waals surface area contributed by atoms with Crippen molar-refractivity contribution in [1.82, 2.24) is 10.2 Å². The number of likely N-dealkylation sites (tertiary alicyclic amines) is 1. The zero-order chi connectivity index (χ0) is 12.0. The molecule has 0 spiro atoms. The van der Waals surface area contributed by atoms with Gasteiger partial charge in [-0.15, -0.1) is 0 Å². The van der Waals surface area contributed by atoms with E-state index in [-0.39, 0.29) is 24.7 Å². The minimum Gasteiger partial charge on any atom is -0.394 e. The van der Waals surface area contributed by atoms with E-state index < -0.39 is 0 Å². The van der Waals surface area contributed by atoms with Crippen LogP contribution in [0.1, 0.15) is 26.2 Å². The first kappa shape index (κ1) is 13.6. The minimum absolute atomic E-state index is 0.0162. The summed E-state index contributed by atoms with van der Waals surface area (Å²) in [5.74, 6) is 0.944. The van der Waals surface area contributed by atoms with Crippen molar-refractivity contribution in [1.29, 1.82) is 0 Å². The number of carbonyl (C=O) groups is 1. The number of hydrogen-bond acceptors (Lipinski definition) is 3. The van der Waals surface area contributed by atoms with Gasteiger partial charge in [-0.05, 0) is 25.5 Å². The molecular formula is C11H22N2O2S. The molecule has 0 aromatic heterocycles. The van der Waals surface area contributed by atoms with E-state index in [2.05, 4.69) is 12.2 Å². The molecule has 1 aliphatic rings. The quantitative estimate of drug-likeness (QED) is 0.768. The van der Waals surface area contributed by atoms with Gasteiger partial charge in [-0.1, -0.05) is 6.92 Å². The fourth-order valence-electron chi connectivity index (χ4n) is 2.01. The molecule has 2 N–H and O–H groups in total. The second kappa shape index (κ2) is 7.01. The third-order valence-electron chi connectivity index (χ3n) is 3.04. The molecule has 1 aliphatic heterocycles. The molecule has 0 radical (unpaired) electrons. The zero-order valence-electron chi connectivity index (χ0n) is 10.1. The van der Waals surface area contributed by atoms with Crippen molar-refractivity contribution in [3.8, 4) is 0 Å². The summed E-state index contributed by atoms with van der Waals surface area (Å²) in [5, 5.41) is 12.2. The Kier molecular flexibility index (Phi) is 5.98. The molecule has 1 rings (SSSR count). The maximum absolute atomic E-state index is 12.0. The Labute approximate surface area is 102 Å². The van der Waals surface area contributed by atoms with Crippen LogP contribution >= 0.6 is 11.8 Å². The van der Waals surface area contributed by atoms with E-state index in [9.17, 15) is 4.79 Å². The van der Waals surface area contributed by atoms with Crippen LogP contribution in [0.5, 0.6) is 0 Å². The average molecular weight is 246 g/mol. The number of hydrogen-bond donors (Lipinski definition) is 2. The molecule has 5 heteroatoms. The van der Waals surface area contributed by atoms with Crippen LogP contribution in [-0.2, 0) is 0 Å². The molecular weight excluding hydrogens is 224 g/mol. The van der Waals surface area contributed by atoms with E-state index in [1.165, 1.54) is 0 Å². The van der Waals surface area contributed by atoms with Crippen LogP contribution in [0.15, 0.2) is 0 Å². The highest BCUT2D eigenvalue weighted by Crippen LogP contribution is 2.16. The fourth-order valence-corrected chi connectivity index (χ4v) is 2.73. The van der Waals surface area contributed by atoms with E-state index in [0.717, 1.165) is 31.6 Å². The number of thioether (sulfide) groups is 1. The van der Waals surface area contributed by atoms with Crippen molar-refractivity contribution in [2.45, 2.75) is 38.3 Å². The van der Waals surface area contributed by atoms with Crippen molar-refractivity contribution in [3.05, 3.63) is 0 Å². The minimum atomic E-state index is -0.0162. The van der Waals surface area contributed by atoms with Gasteiger partial charge in [0, 0.05) is 18.3 Å². The number of nitrogens with one attached hydrogen (secondary N) is 1. The normalized spacial score (nSPS) is 22.2. The largest absolute Gasteiger partial charge is 0.394 e. The van der Waals surface area contributed by atoms with Crippen molar-refractivity contribution < 1.29 is 9.90 Å². The van der Waals surface area contributed by atoms with Crippen molar-refractivity contribution in [2.24, 2.45) is 0 Å². The molecule has 1 heterocycles. The number of nitrogens with zero attached hydrogens (tertiary/aromatic N) is 1. The molecule has 2 atom stereocenters.